The van der Waals surface area contributed by atoms with Gasteiger partial charge < -0.3 is 20.5 Å². The van der Waals surface area contributed by atoms with Crippen molar-refractivity contribution in [3.63, 3.8) is 0 Å². The molecule has 12 nitrogen and oxygen atoms in total. The van der Waals surface area contributed by atoms with Crippen molar-refractivity contribution in [1.82, 2.24) is 30.4 Å². The van der Waals surface area contributed by atoms with E-state index in [-0.39, 0.29) is 5.97 Å². The van der Waals surface area contributed by atoms with Crippen LogP contribution in [-0.4, -0.2) is 67.6 Å². The van der Waals surface area contributed by atoms with Gasteiger partial charge in [0.25, 0.3) is 0 Å². The lowest BCUT2D eigenvalue weighted by Crippen LogP contribution is -2.02. The smallest absolute Gasteiger partial charge is 0.350 e. The molecule has 0 fully saturated rings. The van der Waals surface area contributed by atoms with Crippen molar-refractivity contribution < 1.29 is 19.4 Å². The largest absolute Gasteiger partial charge is 0.477 e. The molecule has 0 saturated heterocycles. The third-order valence-electron chi connectivity index (χ3n) is 7.11. The molecule has 2 aromatic carbocycles. The highest BCUT2D eigenvalue weighted by Gasteiger charge is 2.16. The standard InChI is InChI=1S/C16H18N4O2S.C15H16N4O2S/c1-10-14(15(21)22-2)23-16(19-10)17-8-4-6-11-5-3-7-13-12(11)9-18-20-13;1-9-13(14(20)21)22-15(18-9)16-7-3-5-10-4-2-6-12-11(10)8-17-19-12/h3,5,7,9H,4,6,8H2,1-2H3,(H,17,19)(H,18,20);2,4,6,8H,3,5,7H2,1H3,(H,16,18)(H,17,19)(H,20,21). The first-order valence-electron chi connectivity index (χ1n) is 14.4. The normalized spacial score (nSPS) is 10.9. The minimum atomic E-state index is -0.922. The van der Waals surface area contributed by atoms with Crippen molar-refractivity contribution >= 4 is 66.7 Å². The number of hydrogen-bond acceptors (Lipinski definition) is 11. The lowest BCUT2D eigenvalue weighted by atomic mass is 10.1. The van der Waals surface area contributed by atoms with Crippen molar-refractivity contribution in [2.24, 2.45) is 0 Å². The van der Waals surface area contributed by atoms with Crippen LogP contribution in [0.3, 0.4) is 0 Å². The maximum atomic E-state index is 11.6. The van der Waals surface area contributed by atoms with Crippen LogP contribution in [0.1, 0.15) is 54.7 Å². The molecule has 0 aliphatic heterocycles. The van der Waals surface area contributed by atoms with E-state index in [0.29, 0.717) is 26.3 Å². The van der Waals surface area contributed by atoms with Crippen LogP contribution >= 0.6 is 22.7 Å². The molecular weight excluding hydrogens is 613 g/mol. The lowest BCUT2D eigenvalue weighted by Gasteiger charge is -2.04. The fourth-order valence-corrected chi connectivity index (χ4v) is 6.61. The summed E-state index contributed by atoms with van der Waals surface area (Å²) in [7, 11) is 1.38. The number of H-pyrrole nitrogens is 2. The monoisotopic (exact) mass is 646 g/mol. The van der Waals surface area contributed by atoms with Crippen LogP contribution < -0.4 is 10.6 Å². The number of benzene rings is 2. The van der Waals surface area contributed by atoms with E-state index in [1.165, 1.54) is 46.3 Å². The summed E-state index contributed by atoms with van der Waals surface area (Å²) in [4.78, 5) is 32.0. The number of carbonyl (C=O) groups is 2. The summed E-state index contributed by atoms with van der Waals surface area (Å²) < 4.78 is 4.74. The van der Waals surface area contributed by atoms with E-state index < -0.39 is 5.97 Å². The Morgan fingerprint density at radius 3 is 1.76 bits per heavy atom. The Balaban J connectivity index is 0.000000178. The van der Waals surface area contributed by atoms with Crippen molar-refractivity contribution in [3.8, 4) is 0 Å². The number of hydrogen-bond donors (Lipinski definition) is 5. The van der Waals surface area contributed by atoms with Gasteiger partial charge in [-0.2, -0.15) is 10.2 Å². The molecule has 0 radical (unpaired) electrons. The van der Waals surface area contributed by atoms with E-state index in [1.54, 1.807) is 6.92 Å². The van der Waals surface area contributed by atoms with E-state index in [1.807, 2.05) is 43.6 Å². The highest BCUT2D eigenvalue weighted by Crippen LogP contribution is 2.24. The molecule has 0 bridgehead atoms. The minimum absolute atomic E-state index is 0.297. The second-order valence-corrected chi connectivity index (χ2v) is 12.2. The number of carboxylic acid groups (broad SMARTS) is 1. The maximum Gasteiger partial charge on any atom is 0.350 e. The molecule has 45 heavy (non-hydrogen) atoms. The number of carbonyl (C=O) groups excluding carboxylic acids is 1. The summed E-state index contributed by atoms with van der Waals surface area (Å²) in [6.45, 7) is 5.07. The molecule has 0 spiro atoms. The number of thiazole rings is 2. The molecule has 0 aliphatic rings. The van der Waals surface area contributed by atoms with Crippen LogP contribution in [-0.2, 0) is 17.6 Å². The number of esters is 1. The molecule has 4 aromatic heterocycles. The Kier molecular flexibility index (Phi) is 10.4. The minimum Gasteiger partial charge on any atom is -0.477 e. The number of methoxy groups -OCH3 is 1. The maximum absolute atomic E-state index is 11.6. The highest BCUT2D eigenvalue weighted by atomic mass is 32.1. The number of aromatic amines is 2. The van der Waals surface area contributed by atoms with Gasteiger partial charge in [0.15, 0.2) is 10.3 Å². The molecule has 5 N–H and O–H groups in total. The van der Waals surface area contributed by atoms with E-state index in [4.69, 9.17) is 9.84 Å². The number of nitrogens with zero attached hydrogens (tertiary/aromatic N) is 4. The van der Waals surface area contributed by atoms with Crippen molar-refractivity contribution in [2.75, 3.05) is 30.8 Å². The quantitative estimate of drug-likeness (QED) is 0.0758. The van der Waals surface area contributed by atoms with E-state index in [9.17, 15) is 9.59 Å². The molecule has 14 heteroatoms. The number of nitrogens with one attached hydrogen (secondary N) is 4. The van der Waals surface area contributed by atoms with E-state index in [2.05, 4.69) is 53.1 Å². The third-order valence-corrected chi connectivity index (χ3v) is 9.30. The predicted octanol–water partition coefficient (Wildman–Crippen LogP) is 6.23. The van der Waals surface area contributed by atoms with Crippen LogP contribution in [0.15, 0.2) is 48.8 Å². The lowest BCUT2D eigenvalue weighted by molar-refractivity contribution is 0.0604. The Morgan fingerprint density at radius 2 is 1.29 bits per heavy atom. The second-order valence-electron chi connectivity index (χ2n) is 10.2. The number of fused-ring (bicyclic) bond motifs is 2. The summed E-state index contributed by atoms with van der Waals surface area (Å²) in [6, 6.07) is 12.3. The van der Waals surface area contributed by atoms with Gasteiger partial charge in [0.05, 0.1) is 41.9 Å². The zero-order valence-corrected chi connectivity index (χ0v) is 26.8. The topological polar surface area (TPSA) is 171 Å². The first-order valence-corrected chi connectivity index (χ1v) is 16.0. The Bertz CT molecular complexity index is 1910. The van der Waals surface area contributed by atoms with Gasteiger partial charge in [-0.15, -0.1) is 0 Å². The van der Waals surface area contributed by atoms with Crippen LogP contribution in [0.25, 0.3) is 21.8 Å². The molecule has 0 unspecified atom stereocenters. The summed E-state index contributed by atoms with van der Waals surface area (Å²) in [5, 5.41) is 33.3. The summed E-state index contributed by atoms with van der Waals surface area (Å²) in [5.74, 6) is -1.26. The van der Waals surface area contributed by atoms with Crippen molar-refractivity contribution in [1.29, 1.82) is 0 Å². The zero-order valence-electron chi connectivity index (χ0n) is 25.1. The molecule has 0 atom stereocenters. The Hall–Kier alpha value is -4.82. The average Bonchev–Trinajstić information content (AvgIpc) is 3.84. The number of ether oxygens (including phenoxy) is 1. The Labute approximate surface area is 267 Å². The van der Waals surface area contributed by atoms with Gasteiger partial charge >= 0.3 is 11.9 Å². The molecule has 0 aliphatic carbocycles. The predicted molar refractivity (Wildman–Crippen MR) is 178 cm³/mol. The van der Waals surface area contributed by atoms with Gasteiger partial charge in [-0.3, -0.25) is 10.2 Å². The fourth-order valence-electron chi connectivity index (χ4n) is 4.87. The Morgan fingerprint density at radius 1 is 0.800 bits per heavy atom. The summed E-state index contributed by atoms with van der Waals surface area (Å²) in [6.07, 6.45) is 7.51. The first-order chi connectivity index (χ1) is 21.8. The molecule has 4 heterocycles. The molecule has 0 amide bonds. The summed E-state index contributed by atoms with van der Waals surface area (Å²) >= 11 is 2.51. The van der Waals surface area contributed by atoms with Gasteiger partial charge in [-0.05, 0) is 62.8 Å². The fraction of sp³-hybridized carbons (Fsp3) is 0.290. The van der Waals surface area contributed by atoms with Crippen molar-refractivity contribution in [3.05, 3.63) is 81.1 Å². The van der Waals surface area contributed by atoms with Gasteiger partial charge in [0, 0.05) is 23.9 Å². The van der Waals surface area contributed by atoms with Crippen molar-refractivity contribution in [2.45, 2.75) is 39.5 Å². The molecular formula is C31H34N8O4S2. The highest BCUT2D eigenvalue weighted by molar-refractivity contribution is 7.17. The zero-order chi connectivity index (χ0) is 31.8. The number of rotatable bonds is 12. The van der Waals surface area contributed by atoms with E-state index in [0.717, 1.165) is 60.3 Å². The van der Waals surface area contributed by atoms with Gasteiger partial charge in [0.1, 0.15) is 9.75 Å². The van der Waals surface area contributed by atoms with Gasteiger partial charge in [-0.1, -0.05) is 46.9 Å². The van der Waals surface area contributed by atoms with Crippen LogP contribution in [0.5, 0.6) is 0 Å². The molecule has 0 saturated carbocycles. The van der Waals surface area contributed by atoms with Gasteiger partial charge in [-0.25, -0.2) is 19.6 Å². The number of carboxylic acids is 1. The molecule has 6 aromatic rings. The average molecular weight is 647 g/mol. The SMILES string of the molecule is COC(=O)c1sc(NCCCc2cccc3[nH]ncc23)nc1C.Cc1nc(NCCCc2cccc3[nH]ncc23)sc1C(=O)O. The van der Waals surface area contributed by atoms with Crippen LogP contribution in [0.2, 0.25) is 0 Å². The van der Waals surface area contributed by atoms with Crippen LogP contribution in [0.4, 0.5) is 10.3 Å². The summed E-state index contributed by atoms with van der Waals surface area (Å²) in [5.41, 5.74) is 5.91. The van der Waals surface area contributed by atoms with Gasteiger partial charge in [0.2, 0.25) is 0 Å². The number of anilines is 2. The number of aromatic carboxylic acids is 1. The number of aromatic nitrogens is 6. The first kappa shape index (κ1) is 31.6. The molecule has 6 rings (SSSR count). The molecule has 234 valence electrons. The van der Waals surface area contributed by atoms with E-state index >= 15 is 0 Å². The van der Waals surface area contributed by atoms with Crippen LogP contribution in [0, 0.1) is 13.8 Å². The second kappa shape index (κ2) is 14.8. The third kappa shape index (κ3) is 7.83. The number of aryl methyl sites for hydroxylation is 4.